The lowest BCUT2D eigenvalue weighted by Gasteiger charge is -1.92. The van der Waals surface area contributed by atoms with Gasteiger partial charge in [0.1, 0.15) is 0 Å². The van der Waals surface area contributed by atoms with Crippen LogP contribution in [0.1, 0.15) is 26.7 Å². The van der Waals surface area contributed by atoms with Crippen molar-refractivity contribution in [2.24, 2.45) is 0 Å². The number of hydrogen-bond acceptors (Lipinski definition) is 2. The Morgan fingerprint density at radius 1 is 1.60 bits per heavy atom. The summed E-state index contributed by atoms with van der Waals surface area (Å²) >= 11 is 1.40. The van der Waals surface area contributed by atoms with Crippen LogP contribution in [0.3, 0.4) is 0 Å². The zero-order valence-corrected chi connectivity index (χ0v) is 7.41. The van der Waals surface area contributed by atoms with Crippen molar-refractivity contribution in [3.05, 3.63) is 12.2 Å². The van der Waals surface area contributed by atoms with Crippen molar-refractivity contribution in [2.45, 2.75) is 26.7 Å². The smallest absolute Gasteiger partial charge is 0.211 e. The number of allylic oxidation sites excluding steroid dienone is 1. The molecule has 2 heteroatoms. The summed E-state index contributed by atoms with van der Waals surface area (Å²) in [5.41, 5.74) is 0. The highest BCUT2D eigenvalue weighted by atomic mass is 32.2. The van der Waals surface area contributed by atoms with Crippen LogP contribution in [0.5, 0.6) is 0 Å². The number of unbranched alkanes of at least 4 members (excludes halogenated alkanes) is 1. The minimum atomic E-state index is 0.177. The van der Waals surface area contributed by atoms with Crippen molar-refractivity contribution in [1.82, 2.24) is 0 Å². The van der Waals surface area contributed by atoms with Gasteiger partial charge in [-0.1, -0.05) is 31.2 Å². The van der Waals surface area contributed by atoms with Gasteiger partial charge in [0.05, 0.1) is 0 Å². The van der Waals surface area contributed by atoms with E-state index >= 15 is 0 Å². The lowest BCUT2D eigenvalue weighted by atomic mass is 10.4. The second-order valence-electron chi connectivity index (χ2n) is 2.02. The molecular weight excluding hydrogens is 144 g/mol. The Morgan fingerprint density at radius 2 is 2.30 bits per heavy atom. The molecule has 0 spiro atoms. The molecule has 0 amide bonds. The molecular formula is C8H14OS. The van der Waals surface area contributed by atoms with E-state index in [2.05, 4.69) is 6.92 Å². The molecule has 0 aromatic rings. The van der Waals surface area contributed by atoms with E-state index in [1.807, 2.05) is 6.92 Å². The Hall–Kier alpha value is -0.240. The average Bonchev–Trinajstić information content (AvgIpc) is 1.89. The molecule has 0 heterocycles. The molecule has 0 saturated carbocycles. The Bertz CT molecular complexity index is 118. The van der Waals surface area contributed by atoms with Gasteiger partial charge in [-0.3, -0.25) is 4.79 Å². The first-order chi connectivity index (χ1) is 4.81. The van der Waals surface area contributed by atoms with Crippen LogP contribution in [-0.2, 0) is 4.79 Å². The van der Waals surface area contributed by atoms with Crippen LogP contribution >= 0.6 is 11.8 Å². The van der Waals surface area contributed by atoms with Gasteiger partial charge in [0.2, 0.25) is 5.12 Å². The van der Waals surface area contributed by atoms with Gasteiger partial charge in [-0.25, -0.2) is 0 Å². The van der Waals surface area contributed by atoms with E-state index in [4.69, 9.17) is 0 Å². The van der Waals surface area contributed by atoms with Gasteiger partial charge in [-0.05, 0) is 19.4 Å². The Morgan fingerprint density at radius 3 is 2.80 bits per heavy atom. The summed E-state index contributed by atoms with van der Waals surface area (Å²) in [7, 11) is 0. The minimum Gasteiger partial charge on any atom is -0.282 e. The quantitative estimate of drug-likeness (QED) is 0.462. The third-order valence-corrected chi connectivity index (χ3v) is 1.96. The zero-order chi connectivity index (χ0) is 7.82. The molecule has 10 heavy (non-hydrogen) atoms. The highest BCUT2D eigenvalue weighted by molar-refractivity contribution is 8.14. The van der Waals surface area contributed by atoms with Gasteiger partial charge in [-0.15, -0.1) is 0 Å². The maximum absolute atomic E-state index is 10.8. The lowest BCUT2D eigenvalue weighted by molar-refractivity contribution is -0.107. The van der Waals surface area contributed by atoms with Crippen LogP contribution in [0.25, 0.3) is 0 Å². The maximum Gasteiger partial charge on any atom is 0.211 e. The summed E-state index contributed by atoms with van der Waals surface area (Å²) in [6.07, 6.45) is 5.69. The van der Waals surface area contributed by atoms with Crippen molar-refractivity contribution < 1.29 is 4.79 Å². The normalized spacial score (nSPS) is 10.6. The second kappa shape index (κ2) is 6.87. The van der Waals surface area contributed by atoms with Crippen LogP contribution in [0.2, 0.25) is 0 Å². The Kier molecular flexibility index (Phi) is 6.71. The van der Waals surface area contributed by atoms with Crippen LogP contribution < -0.4 is 0 Å². The molecule has 0 unspecified atom stereocenters. The summed E-state index contributed by atoms with van der Waals surface area (Å²) in [6.45, 7) is 3.99. The molecule has 0 rings (SSSR count). The molecule has 0 atom stereocenters. The fraction of sp³-hybridized carbons (Fsp3) is 0.625. The SMILES string of the molecule is C/C=C/C(=O)SCCCC. The average molecular weight is 158 g/mol. The molecule has 0 fully saturated rings. The Labute approximate surface area is 66.9 Å². The van der Waals surface area contributed by atoms with Crippen molar-refractivity contribution >= 4 is 16.9 Å². The third kappa shape index (κ3) is 5.89. The summed E-state index contributed by atoms with van der Waals surface area (Å²) in [6, 6.07) is 0. The van der Waals surface area contributed by atoms with Crippen molar-refractivity contribution in [3.8, 4) is 0 Å². The molecule has 0 aromatic carbocycles. The highest BCUT2D eigenvalue weighted by Crippen LogP contribution is 2.05. The topological polar surface area (TPSA) is 17.1 Å². The number of carbonyl (C=O) groups excluding carboxylic acids is 1. The zero-order valence-electron chi connectivity index (χ0n) is 6.59. The molecule has 0 radical (unpaired) electrons. The highest BCUT2D eigenvalue weighted by Gasteiger charge is 1.93. The van der Waals surface area contributed by atoms with Gasteiger partial charge in [0.25, 0.3) is 0 Å². The van der Waals surface area contributed by atoms with E-state index in [1.165, 1.54) is 11.8 Å². The van der Waals surface area contributed by atoms with Crippen molar-refractivity contribution in [1.29, 1.82) is 0 Å². The van der Waals surface area contributed by atoms with E-state index in [-0.39, 0.29) is 5.12 Å². The van der Waals surface area contributed by atoms with E-state index < -0.39 is 0 Å². The number of thioether (sulfide) groups is 1. The first-order valence-electron chi connectivity index (χ1n) is 3.60. The molecule has 58 valence electrons. The monoisotopic (exact) mass is 158 g/mol. The fourth-order valence-corrected chi connectivity index (χ4v) is 1.37. The lowest BCUT2D eigenvalue weighted by Crippen LogP contribution is -1.86. The van der Waals surface area contributed by atoms with E-state index in [9.17, 15) is 4.79 Å². The molecule has 0 aliphatic rings. The largest absolute Gasteiger partial charge is 0.282 e. The number of carbonyl (C=O) groups is 1. The number of rotatable bonds is 4. The van der Waals surface area contributed by atoms with E-state index in [0.717, 1.165) is 18.6 Å². The molecule has 0 aromatic heterocycles. The van der Waals surface area contributed by atoms with Crippen LogP contribution in [-0.4, -0.2) is 10.9 Å². The second-order valence-corrected chi connectivity index (χ2v) is 3.12. The maximum atomic E-state index is 10.8. The van der Waals surface area contributed by atoms with Gasteiger partial charge in [0.15, 0.2) is 0 Å². The van der Waals surface area contributed by atoms with Gasteiger partial charge in [-0.2, -0.15) is 0 Å². The Balaban J connectivity index is 3.22. The molecule has 0 N–H and O–H groups in total. The molecule has 1 nitrogen and oxygen atoms in total. The summed E-state index contributed by atoms with van der Waals surface area (Å²) in [5, 5.41) is 0.177. The van der Waals surface area contributed by atoms with Crippen molar-refractivity contribution in [3.63, 3.8) is 0 Å². The van der Waals surface area contributed by atoms with E-state index in [0.29, 0.717) is 0 Å². The fourth-order valence-electron chi connectivity index (χ4n) is 0.501. The minimum absolute atomic E-state index is 0.177. The van der Waals surface area contributed by atoms with E-state index in [1.54, 1.807) is 12.2 Å². The van der Waals surface area contributed by atoms with Crippen LogP contribution in [0.15, 0.2) is 12.2 Å². The van der Waals surface area contributed by atoms with Crippen LogP contribution in [0, 0.1) is 0 Å². The van der Waals surface area contributed by atoms with Gasteiger partial charge >= 0.3 is 0 Å². The molecule has 0 bridgehead atoms. The predicted octanol–water partition coefficient (Wildman–Crippen LogP) is 2.62. The molecule has 0 aliphatic heterocycles. The third-order valence-electron chi connectivity index (χ3n) is 1.04. The summed E-state index contributed by atoms with van der Waals surface area (Å²) < 4.78 is 0. The molecule has 0 saturated heterocycles. The standard InChI is InChI=1S/C8H14OS/c1-3-5-7-10-8(9)6-4-2/h4,6H,3,5,7H2,1-2H3/b6-4+. The predicted molar refractivity (Wildman–Crippen MR) is 47.2 cm³/mol. The number of hydrogen-bond donors (Lipinski definition) is 0. The first-order valence-corrected chi connectivity index (χ1v) is 4.59. The van der Waals surface area contributed by atoms with Crippen molar-refractivity contribution in [2.75, 3.05) is 5.75 Å². The van der Waals surface area contributed by atoms with Gasteiger partial charge < -0.3 is 0 Å². The van der Waals surface area contributed by atoms with Gasteiger partial charge in [0, 0.05) is 5.75 Å². The van der Waals surface area contributed by atoms with Crippen LogP contribution in [0.4, 0.5) is 0 Å². The first kappa shape index (κ1) is 9.76. The summed E-state index contributed by atoms with van der Waals surface area (Å²) in [5.74, 6) is 0.958. The summed E-state index contributed by atoms with van der Waals surface area (Å²) in [4.78, 5) is 10.8. The molecule has 0 aliphatic carbocycles.